The Bertz CT molecular complexity index is 422. The highest BCUT2D eigenvalue weighted by Gasteiger charge is 2.13. The molecule has 6 nitrogen and oxygen atoms in total. The van der Waals surface area contributed by atoms with Crippen LogP contribution in [-0.4, -0.2) is 36.5 Å². The summed E-state index contributed by atoms with van der Waals surface area (Å²) in [6.45, 7) is 0.308. The summed E-state index contributed by atoms with van der Waals surface area (Å²) in [4.78, 5) is 21.7. The smallest absolute Gasteiger partial charge is 0.269 e. The third-order valence-corrected chi connectivity index (χ3v) is 2.60. The van der Waals surface area contributed by atoms with Gasteiger partial charge in [-0.25, -0.2) is 0 Å². The molecule has 0 fully saturated rings. The Morgan fingerprint density at radius 3 is 2.56 bits per heavy atom. The Kier molecular flexibility index (Phi) is 5.54. The van der Waals surface area contributed by atoms with Gasteiger partial charge in [0.1, 0.15) is 0 Å². The first-order valence-electron chi connectivity index (χ1n) is 5.18. The van der Waals surface area contributed by atoms with Crippen molar-refractivity contribution in [2.45, 2.75) is 6.04 Å². The number of benzene rings is 1. The largest absolute Gasteiger partial charge is 0.383 e. The van der Waals surface area contributed by atoms with E-state index in [9.17, 15) is 14.9 Å². The van der Waals surface area contributed by atoms with Gasteiger partial charge < -0.3 is 10.1 Å². The Hall–Kier alpha value is -1.66. The molecular formula is C11H13ClN2O4. The summed E-state index contributed by atoms with van der Waals surface area (Å²) in [7, 11) is 1.51. The van der Waals surface area contributed by atoms with Crippen molar-refractivity contribution >= 4 is 23.2 Å². The number of carbonyl (C=O) groups excluding carboxylic acids is 1. The highest BCUT2D eigenvalue weighted by atomic mass is 35.5. The number of ether oxygens (including phenoxy) is 1. The fraction of sp³-hybridized carbons (Fsp3) is 0.364. The van der Waals surface area contributed by atoms with Crippen molar-refractivity contribution < 1.29 is 14.5 Å². The summed E-state index contributed by atoms with van der Waals surface area (Å²) < 4.78 is 4.89. The van der Waals surface area contributed by atoms with Gasteiger partial charge in [-0.15, -0.1) is 11.6 Å². The lowest BCUT2D eigenvalue weighted by atomic mass is 10.2. The second-order valence-corrected chi connectivity index (χ2v) is 3.89. The molecule has 1 N–H and O–H groups in total. The molecule has 1 aromatic rings. The maximum Gasteiger partial charge on any atom is 0.269 e. The van der Waals surface area contributed by atoms with E-state index in [1.807, 2.05) is 0 Å². The molecule has 0 radical (unpaired) electrons. The van der Waals surface area contributed by atoms with Gasteiger partial charge in [0.05, 0.1) is 17.6 Å². The molecule has 0 aliphatic rings. The number of hydrogen-bond donors (Lipinski definition) is 1. The molecule has 0 aliphatic carbocycles. The molecule has 0 saturated carbocycles. The van der Waals surface area contributed by atoms with Crippen LogP contribution in [0.15, 0.2) is 24.3 Å². The van der Waals surface area contributed by atoms with E-state index >= 15 is 0 Å². The third kappa shape index (κ3) is 3.97. The van der Waals surface area contributed by atoms with Gasteiger partial charge in [0.15, 0.2) is 0 Å². The van der Waals surface area contributed by atoms with Gasteiger partial charge in [0, 0.05) is 30.7 Å². The number of nitrogens with zero attached hydrogens (tertiary/aromatic N) is 1. The van der Waals surface area contributed by atoms with Crippen molar-refractivity contribution in [1.82, 2.24) is 5.32 Å². The summed E-state index contributed by atoms with van der Waals surface area (Å²) in [6.07, 6.45) is 0. The Morgan fingerprint density at radius 2 is 2.11 bits per heavy atom. The minimum absolute atomic E-state index is 0.0580. The topological polar surface area (TPSA) is 81.5 Å². The Labute approximate surface area is 109 Å². The molecule has 0 saturated heterocycles. The molecule has 1 unspecified atom stereocenters. The van der Waals surface area contributed by atoms with E-state index in [0.29, 0.717) is 12.2 Å². The van der Waals surface area contributed by atoms with Crippen LogP contribution >= 0.6 is 11.6 Å². The predicted octanol–water partition coefficient (Wildman–Crippen LogP) is 1.58. The summed E-state index contributed by atoms with van der Waals surface area (Å²) in [6, 6.07) is 5.05. The molecule has 0 bridgehead atoms. The molecule has 98 valence electrons. The van der Waals surface area contributed by atoms with E-state index in [2.05, 4.69) is 5.32 Å². The normalized spacial score (nSPS) is 11.9. The van der Waals surface area contributed by atoms with Crippen LogP contribution in [-0.2, 0) is 4.74 Å². The first-order chi connectivity index (χ1) is 8.58. The van der Waals surface area contributed by atoms with Crippen molar-refractivity contribution in [1.29, 1.82) is 0 Å². The second-order valence-electron chi connectivity index (χ2n) is 3.58. The number of methoxy groups -OCH3 is 1. The highest BCUT2D eigenvalue weighted by Crippen LogP contribution is 2.11. The summed E-state index contributed by atoms with van der Waals surface area (Å²) >= 11 is 5.66. The number of nitro groups is 1. The van der Waals surface area contributed by atoms with Gasteiger partial charge >= 0.3 is 0 Å². The number of halogens is 1. The second kappa shape index (κ2) is 6.93. The van der Waals surface area contributed by atoms with Crippen LogP contribution in [0.5, 0.6) is 0 Å². The van der Waals surface area contributed by atoms with E-state index in [1.165, 1.54) is 31.4 Å². The average molecular weight is 273 g/mol. The first-order valence-corrected chi connectivity index (χ1v) is 5.72. The van der Waals surface area contributed by atoms with E-state index in [1.54, 1.807) is 0 Å². The Balaban J connectivity index is 2.69. The van der Waals surface area contributed by atoms with Crippen LogP contribution in [0, 0.1) is 10.1 Å². The van der Waals surface area contributed by atoms with Crippen LogP contribution in [0.25, 0.3) is 0 Å². The van der Waals surface area contributed by atoms with Crippen LogP contribution in [0.1, 0.15) is 10.4 Å². The minimum Gasteiger partial charge on any atom is -0.383 e. The van der Waals surface area contributed by atoms with Crippen molar-refractivity contribution in [2.24, 2.45) is 0 Å². The summed E-state index contributed by atoms with van der Waals surface area (Å²) in [5.41, 5.74) is 0.282. The molecule has 18 heavy (non-hydrogen) atoms. The molecular weight excluding hydrogens is 260 g/mol. The molecule has 0 aliphatic heterocycles. The average Bonchev–Trinajstić information content (AvgIpc) is 2.38. The van der Waals surface area contributed by atoms with Crippen LogP contribution in [0.2, 0.25) is 0 Å². The van der Waals surface area contributed by atoms with Crippen molar-refractivity contribution in [3.8, 4) is 0 Å². The zero-order chi connectivity index (χ0) is 13.5. The van der Waals surface area contributed by atoms with Gasteiger partial charge in [-0.05, 0) is 12.1 Å². The van der Waals surface area contributed by atoms with E-state index in [4.69, 9.17) is 16.3 Å². The molecule has 1 atom stereocenters. The van der Waals surface area contributed by atoms with Gasteiger partial charge in [-0.2, -0.15) is 0 Å². The monoisotopic (exact) mass is 272 g/mol. The number of carbonyl (C=O) groups is 1. The predicted molar refractivity (Wildman–Crippen MR) is 66.9 cm³/mol. The Morgan fingerprint density at radius 1 is 1.50 bits per heavy atom. The SMILES string of the molecule is COCC(CCl)NC(=O)c1ccc([N+](=O)[O-])cc1. The summed E-state index contributed by atoms with van der Waals surface area (Å²) in [5.74, 6) is -0.111. The highest BCUT2D eigenvalue weighted by molar-refractivity contribution is 6.18. The lowest BCUT2D eigenvalue weighted by Crippen LogP contribution is -2.39. The molecule has 1 rings (SSSR count). The maximum absolute atomic E-state index is 11.8. The number of amides is 1. The molecule has 1 aromatic carbocycles. The van der Waals surface area contributed by atoms with Crippen LogP contribution < -0.4 is 5.32 Å². The van der Waals surface area contributed by atoms with Gasteiger partial charge in [-0.1, -0.05) is 0 Å². The van der Waals surface area contributed by atoms with Crippen LogP contribution in [0.3, 0.4) is 0 Å². The molecule has 1 amide bonds. The molecule has 0 aromatic heterocycles. The van der Waals surface area contributed by atoms with Gasteiger partial charge in [0.2, 0.25) is 0 Å². The zero-order valence-electron chi connectivity index (χ0n) is 9.76. The molecule has 7 heteroatoms. The van der Waals surface area contributed by atoms with Gasteiger partial charge in [-0.3, -0.25) is 14.9 Å². The summed E-state index contributed by atoms with van der Waals surface area (Å²) in [5, 5.41) is 13.1. The first kappa shape index (κ1) is 14.4. The number of non-ortho nitro benzene ring substituents is 1. The van der Waals surface area contributed by atoms with E-state index in [-0.39, 0.29) is 23.5 Å². The number of rotatable bonds is 6. The quantitative estimate of drug-likeness (QED) is 0.484. The van der Waals surface area contributed by atoms with E-state index < -0.39 is 4.92 Å². The number of nitrogens with one attached hydrogen (secondary N) is 1. The third-order valence-electron chi connectivity index (χ3n) is 2.23. The zero-order valence-corrected chi connectivity index (χ0v) is 10.5. The number of alkyl halides is 1. The fourth-order valence-electron chi connectivity index (χ4n) is 1.33. The van der Waals surface area contributed by atoms with Crippen LogP contribution in [0.4, 0.5) is 5.69 Å². The lowest BCUT2D eigenvalue weighted by molar-refractivity contribution is -0.384. The minimum atomic E-state index is -0.520. The number of hydrogen-bond acceptors (Lipinski definition) is 4. The van der Waals surface area contributed by atoms with Crippen molar-refractivity contribution in [2.75, 3.05) is 19.6 Å². The maximum atomic E-state index is 11.8. The fourth-order valence-corrected chi connectivity index (χ4v) is 1.50. The van der Waals surface area contributed by atoms with Crippen molar-refractivity contribution in [3.05, 3.63) is 39.9 Å². The molecule has 0 heterocycles. The van der Waals surface area contributed by atoms with Crippen molar-refractivity contribution in [3.63, 3.8) is 0 Å². The molecule has 0 spiro atoms. The lowest BCUT2D eigenvalue weighted by Gasteiger charge is -2.14. The number of nitro benzene ring substituents is 1. The standard InChI is InChI=1S/C11H13ClN2O4/c1-18-7-9(6-12)13-11(15)8-2-4-10(5-3-8)14(16)17/h2-5,9H,6-7H2,1H3,(H,13,15). The van der Waals surface area contributed by atoms with Gasteiger partial charge in [0.25, 0.3) is 11.6 Å². The van der Waals surface area contributed by atoms with E-state index in [0.717, 1.165) is 0 Å².